The molecule has 13 heavy (non-hydrogen) atoms. The maximum Gasteiger partial charge on any atom is 0.0804 e. The summed E-state index contributed by atoms with van der Waals surface area (Å²) < 4.78 is 0. The van der Waals surface area contributed by atoms with Crippen molar-refractivity contribution in [2.75, 3.05) is 0 Å². The van der Waals surface area contributed by atoms with Crippen LogP contribution in [0.3, 0.4) is 0 Å². The van der Waals surface area contributed by atoms with E-state index in [1.165, 1.54) is 0 Å². The molecule has 0 spiro atoms. The summed E-state index contributed by atoms with van der Waals surface area (Å²) in [5, 5.41) is 19.2. The minimum atomic E-state index is -0.563. The van der Waals surface area contributed by atoms with Gasteiger partial charge in [-0.05, 0) is 18.3 Å². The standard InChI is InChI=1S/C11H24O2/c1-5-6-7-9(12)10(13)8-11(2,3)4/h9-10,12-13H,5-8H2,1-4H3. The van der Waals surface area contributed by atoms with Gasteiger partial charge in [-0.15, -0.1) is 0 Å². The van der Waals surface area contributed by atoms with Crippen LogP contribution in [0.4, 0.5) is 0 Å². The van der Waals surface area contributed by atoms with Crippen LogP contribution in [0.25, 0.3) is 0 Å². The van der Waals surface area contributed by atoms with Gasteiger partial charge >= 0.3 is 0 Å². The van der Waals surface area contributed by atoms with Crippen LogP contribution in [-0.2, 0) is 0 Å². The Balaban J connectivity index is 3.75. The summed E-state index contributed by atoms with van der Waals surface area (Å²) in [6.45, 7) is 8.30. The fraction of sp³-hybridized carbons (Fsp3) is 1.00. The molecule has 0 saturated carbocycles. The minimum absolute atomic E-state index is 0.0899. The van der Waals surface area contributed by atoms with Crippen LogP contribution in [0, 0.1) is 5.41 Å². The van der Waals surface area contributed by atoms with E-state index in [1.807, 2.05) is 0 Å². The molecule has 0 fully saturated rings. The van der Waals surface area contributed by atoms with Crippen LogP contribution in [0.5, 0.6) is 0 Å². The Labute approximate surface area is 82.0 Å². The minimum Gasteiger partial charge on any atom is -0.390 e. The van der Waals surface area contributed by atoms with Crippen molar-refractivity contribution in [3.63, 3.8) is 0 Å². The fourth-order valence-corrected chi connectivity index (χ4v) is 1.37. The largest absolute Gasteiger partial charge is 0.390 e. The van der Waals surface area contributed by atoms with Gasteiger partial charge in [0.2, 0.25) is 0 Å². The molecular weight excluding hydrogens is 164 g/mol. The molecule has 2 atom stereocenters. The van der Waals surface area contributed by atoms with Crippen LogP contribution in [0.1, 0.15) is 53.4 Å². The summed E-state index contributed by atoms with van der Waals surface area (Å²) >= 11 is 0. The molecule has 2 nitrogen and oxygen atoms in total. The number of aliphatic hydroxyl groups is 2. The van der Waals surface area contributed by atoms with E-state index in [2.05, 4.69) is 27.7 Å². The Kier molecular flexibility index (Phi) is 5.57. The van der Waals surface area contributed by atoms with E-state index in [0.29, 0.717) is 12.8 Å². The Bertz CT molecular complexity index is 127. The number of aliphatic hydroxyl groups excluding tert-OH is 2. The molecule has 2 unspecified atom stereocenters. The van der Waals surface area contributed by atoms with Crippen LogP contribution in [0.2, 0.25) is 0 Å². The predicted octanol–water partition coefficient (Wildman–Crippen LogP) is 2.33. The fourth-order valence-electron chi connectivity index (χ4n) is 1.37. The van der Waals surface area contributed by atoms with E-state index in [9.17, 15) is 10.2 Å². The van der Waals surface area contributed by atoms with Crippen LogP contribution in [-0.4, -0.2) is 22.4 Å². The lowest BCUT2D eigenvalue weighted by Crippen LogP contribution is -2.30. The number of unbranched alkanes of at least 4 members (excludes halogenated alkanes) is 1. The molecule has 0 aromatic rings. The van der Waals surface area contributed by atoms with Crippen molar-refractivity contribution in [2.24, 2.45) is 5.41 Å². The van der Waals surface area contributed by atoms with Gasteiger partial charge in [0.1, 0.15) is 0 Å². The highest BCUT2D eigenvalue weighted by Crippen LogP contribution is 2.23. The highest BCUT2D eigenvalue weighted by molar-refractivity contribution is 4.74. The van der Waals surface area contributed by atoms with Crippen molar-refractivity contribution in [3.05, 3.63) is 0 Å². The molecule has 0 radical (unpaired) electrons. The molecular formula is C11H24O2. The van der Waals surface area contributed by atoms with Crippen LogP contribution >= 0.6 is 0 Å². The summed E-state index contributed by atoms with van der Waals surface area (Å²) in [4.78, 5) is 0. The maximum absolute atomic E-state index is 9.63. The average Bonchev–Trinajstić information content (AvgIpc) is 1.96. The Morgan fingerprint density at radius 3 is 2.00 bits per heavy atom. The van der Waals surface area contributed by atoms with Gasteiger partial charge in [-0.25, -0.2) is 0 Å². The summed E-state index contributed by atoms with van der Waals surface area (Å²) in [6, 6.07) is 0. The van der Waals surface area contributed by atoms with Crippen molar-refractivity contribution in [1.29, 1.82) is 0 Å². The highest BCUT2D eigenvalue weighted by atomic mass is 16.3. The molecule has 0 aliphatic rings. The molecule has 0 aliphatic carbocycles. The molecule has 0 amide bonds. The van der Waals surface area contributed by atoms with Gasteiger partial charge in [-0.1, -0.05) is 40.5 Å². The van der Waals surface area contributed by atoms with E-state index in [0.717, 1.165) is 12.8 Å². The Hall–Kier alpha value is -0.0800. The SMILES string of the molecule is CCCCC(O)C(O)CC(C)(C)C. The van der Waals surface area contributed by atoms with E-state index >= 15 is 0 Å². The lowest BCUT2D eigenvalue weighted by Gasteiger charge is -2.25. The molecule has 0 heterocycles. The first-order valence-corrected chi connectivity index (χ1v) is 5.23. The Morgan fingerprint density at radius 1 is 1.08 bits per heavy atom. The predicted molar refractivity (Wildman–Crippen MR) is 55.6 cm³/mol. The normalized spacial score (nSPS) is 17.1. The lowest BCUT2D eigenvalue weighted by atomic mass is 9.86. The van der Waals surface area contributed by atoms with Gasteiger partial charge < -0.3 is 10.2 Å². The zero-order valence-corrected chi connectivity index (χ0v) is 9.38. The van der Waals surface area contributed by atoms with Crippen molar-refractivity contribution in [2.45, 2.75) is 65.6 Å². The molecule has 0 aromatic heterocycles. The first-order chi connectivity index (χ1) is 5.87. The third-order valence-electron chi connectivity index (χ3n) is 2.12. The van der Waals surface area contributed by atoms with Crippen molar-refractivity contribution in [1.82, 2.24) is 0 Å². The van der Waals surface area contributed by atoms with Gasteiger partial charge in [0.05, 0.1) is 12.2 Å². The quantitative estimate of drug-likeness (QED) is 0.695. The second-order valence-corrected chi connectivity index (χ2v) is 5.04. The molecule has 0 aromatic carbocycles. The van der Waals surface area contributed by atoms with E-state index < -0.39 is 12.2 Å². The van der Waals surface area contributed by atoms with Crippen LogP contribution < -0.4 is 0 Å². The smallest absolute Gasteiger partial charge is 0.0804 e. The average molecular weight is 188 g/mol. The molecule has 2 N–H and O–H groups in total. The Morgan fingerprint density at radius 2 is 1.62 bits per heavy atom. The number of rotatable bonds is 5. The third kappa shape index (κ3) is 7.03. The zero-order chi connectivity index (χ0) is 10.5. The zero-order valence-electron chi connectivity index (χ0n) is 9.38. The molecule has 2 heteroatoms. The topological polar surface area (TPSA) is 40.5 Å². The van der Waals surface area contributed by atoms with Gasteiger partial charge in [-0.2, -0.15) is 0 Å². The van der Waals surface area contributed by atoms with E-state index in [1.54, 1.807) is 0 Å². The third-order valence-corrected chi connectivity index (χ3v) is 2.12. The second kappa shape index (κ2) is 5.61. The first kappa shape index (κ1) is 12.9. The van der Waals surface area contributed by atoms with Crippen molar-refractivity contribution >= 4 is 0 Å². The maximum atomic E-state index is 9.63. The second-order valence-electron chi connectivity index (χ2n) is 5.04. The molecule has 0 saturated heterocycles. The molecule has 0 rings (SSSR count). The lowest BCUT2D eigenvalue weighted by molar-refractivity contribution is -0.00869. The van der Waals surface area contributed by atoms with E-state index in [-0.39, 0.29) is 5.41 Å². The number of hydrogen-bond donors (Lipinski definition) is 2. The van der Waals surface area contributed by atoms with Crippen LogP contribution in [0.15, 0.2) is 0 Å². The summed E-state index contributed by atoms with van der Waals surface area (Å²) in [7, 11) is 0. The summed E-state index contributed by atoms with van der Waals surface area (Å²) in [5.41, 5.74) is 0.0899. The molecule has 80 valence electrons. The van der Waals surface area contributed by atoms with Gasteiger partial charge in [0.15, 0.2) is 0 Å². The highest BCUT2D eigenvalue weighted by Gasteiger charge is 2.22. The van der Waals surface area contributed by atoms with Crippen molar-refractivity contribution in [3.8, 4) is 0 Å². The van der Waals surface area contributed by atoms with Gasteiger partial charge in [0, 0.05) is 0 Å². The van der Waals surface area contributed by atoms with E-state index in [4.69, 9.17) is 0 Å². The van der Waals surface area contributed by atoms with Crippen molar-refractivity contribution < 1.29 is 10.2 Å². The molecule has 0 aliphatic heterocycles. The first-order valence-electron chi connectivity index (χ1n) is 5.23. The monoisotopic (exact) mass is 188 g/mol. The van der Waals surface area contributed by atoms with Gasteiger partial charge in [-0.3, -0.25) is 0 Å². The molecule has 0 bridgehead atoms. The number of hydrogen-bond acceptors (Lipinski definition) is 2. The summed E-state index contributed by atoms with van der Waals surface area (Å²) in [5.74, 6) is 0. The summed E-state index contributed by atoms with van der Waals surface area (Å²) in [6.07, 6.45) is 2.33. The van der Waals surface area contributed by atoms with Gasteiger partial charge in [0.25, 0.3) is 0 Å².